The molecule has 1 saturated heterocycles. The Morgan fingerprint density at radius 3 is 2.49 bits per heavy atom. The Balaban J connectivity index is 1.44. The maximum atomic E-state index is 12.9. The molecule has 2 fully saturated rings. The lowest BCUT2D eigenvalue weighted by molar-refractivity contribution is 0.0912. The number of nitriles is 1. The van der Waals surface area contributed by atoms with Gasteiger partial charge in [0, 0.05) is 31.0 Å². The van der Waals surface area contributed by atoms with E-state index in [1.54, 1.807) is 22.9 Å². The van der Waals surface area contributed by atoms with E-state index in [-0.39, 0.29) is 41.8 Å². The van der Waals surface area contributed by atoms with Crippen LogP contribution < -0.4 is 15.6 Å². The average Bonchev–Trinajstić information content (AvgIpc) is 3.30. The first kappa shape index (κ1) is 26.7. The molecule has 1 saturated carbocycles. The monoisotopic (exact) mass is 553 g/mol. The van der Waals surface area contributed by atoms with Crippen molar-refractivity contribution in [2.45, 2.75) is 67.8 Å². The number of piperidine rings is 1. The van der Waals surface area contributed by atoms with E-state index >= 15 is 0 Å². The van der Waals surface area contributed by atoms with Crippen LogP contribution in [0, 0.1) is 11.3 Å². The molecule has 5 rings (SSSR count). The zero-order chi connectivity index (χ0) is 27.6. The summed E-state index contributed by atoms with van der Waals surface area (Å²) in [6, 6.07) is 10.1. The molecule has 39 heavy (non-hydrogen) atoms. The molecular weight excluding hydrogens is 522 g/mol. The fraction of sp³-hybridized carbons (Fsp3) is 0.462. The Hall–Kier alpha value is -3.89. The van der Waals surface area contributed by atoms with Gasteiger partial charge < -0.3 is 20.3 Å². The molecule has 2 aliphatic rings. The van der Waals surface area contributed by atoms with E-state index in [2.05, 4.69) is 21.1 Å². The van der Waals surface area contributed by atoms with Gasteiger partial charge in [0.15, 0.2) is 5.82 Å². The van der Waals surface area contributed by atoms with Crippen molar-refractivity contribution in [1.82, 2.24) is 24.4 Å². The van der Waals surface area contributed by atoms with E-state index in [1.165, 1.54) is 23.2 Å². The van der Waals surface area contributed by atoms with Crippen LogP contribution in [0.25, 0.3) is 10.9 Å². The number of rotatable bonds is 7. The highest BCUT2D eigenvalue weighted by Gasteiger charge is 2.40. The van der Waals surface area contributed by atoms with Crippen LogP contribution >= 0.6 is 0 Å². The summed E-state index contributed by atoms with van der Waals surface area (Å²) in [5.41, 5.74) is -0.0881. The number of H-pyrrole nitrogens is 1. The second-order valence-electron chi connectivity index (χ2n) is 10.3. The molecule has 1 aliphatic carbocycles. The van der Waals surface area contributed by atoms with Gasteiger partial charge in [0.1, 0.15) is 5.39 Å². The minimum atomic E-state index is -3.66. The highest BCUT2D eigenvalue weighted by Crippen LogP contribution is 2.37. The first-order chi connectivity index (χ1) is 18.7. The molecule has 0 bridgehead atoms. The molecule has 3 aromatic rings. The number of carboxylic acid groups (broad SMARTS) is 1. The summed E-state index contributed by atoms with van der Waals surface area (Å²) in [6.45, 7) is 0.490. The van der Waals surface area contributed by atoms with Crippen LogP contribution in [0.4, 0.5) is 16.3 Å². The number of nitrogens with zero attached hydrogens (tertiary/aromatic N) is 4. The maximum absolute atomic E-state index is 12.9. The summed E-state index contributed by atoms with van der Waals surface area (Å²) in [4.78, 5) is 28.5. The third-order valence-electron chi connectivity index (χ3n) is 7.78. The predicted molar refractivity (Wildman–Crippen MR) is 144 cm³/mol. The normalized spacial score (nSPS) is 18.1. The molecule has 0 radical (unpaired) electrons. The zero-order valence-electron chi connectivity index (χ0n) is 21.4. The van der Waals surface area contributed by atoms with Crippen LogP contribution in [0.5, 0.6) is 0 Å². The van der Waals surface area contributed by atoms with Gasteiger partial charge in [-0.3, -0.25) is 9.48 Å². The molecule has 1 aliphatic heterocycles. The Morgan fingerprint density at radius 1 is 1.15 bits per heavy atom. The summed E-state index contributed by atoms with van der Waals surface area (Å²) >= 11 is 0. The molecule has 1 amide bonds. The molecule has 0 spiro atoms. The van der Waals surface area contributed by atoms with Crippen molar-refractivity contribution in [3.63, 3.8) is 0 Å². The van der Waals surface area contributed by atoms with Gasteiger partial charge in [-0.05, 0) is 56.0 Å². The van der Waals surface area contributed by atoms with Crippen LogP contribution in [0.3, 0.4) is 0 Å². The fourth-order valence-electron chi connectivity index (χ4n) is 5.61. The van der Waals surface area contributed by atoms with Crippen molar-refractivity contribution in [3.05, 3.63) is 46.9 Å². The summed E-state index contributed by atoms with van der Waals surface area (Å²) in [5, 5.41) is 27.2. The standard InChI is InChI=1S/C26H31N7O5S/c27-14-11-26(12-16-32(17-13-26)25(35)36)33-21-10-15-28-24(34)22(21)23(30-33)29-18-6-8-20(9-7-18)39(37,38)31-19-4-2-1-3-5-19/h6-10,15,19,31H,1-5,11-13,16-17H2,(H,28,34)(H,29,30)(H,35,36). The number of aromatic amines is 1. The largest absolute Gasteiger partial charge is 0.465 e. The van der Waals surface area contributed by atoms with E-state index in [4.69, 9.17) is 5.10 Å². The third-order valence-corrected chi connectivity index (χ3v) is 9.32. The predicted octanol–water partition coefficient (Wildman–Crippen LogP) is 3.46. The minimum Gasteiger partial charge on any atom is -0.465 e. The number of hydrogen-bond donors (Lipinski definition) is 4. The molecule has 4 N–H and O–H groups in total. The van der Waals surface area contributed by atoms with Gasteiger partial charge in [0.2, 0.25) is 10.0 Å². The van der Waals surface area contributed by atoms with Crippen molar-refractivity contribution in [1.29, 1.82) is 5.26 Å². The van der Waals surface area contributed by atoms with E-state index in [1.807, 2.05) is 0 Å². The quantitative estimate of drug-likeness (QED) is 0.344. The number of carbonyl (C=O) groups is 1. The zero-order valence-corrected chi connectivity index (χ0v) is 22.2. The van der Waals surface area contributed by atoms with Gasteiger partial charge in [-0.15, -0.1) is 0 Å². The van der Waals surface area contributed by atoms with E-state index in [0.29, 0.717) is 29.4 Å². The topological polar surface area (TPSA) is 173 Å². The summed E-state index contributed by atoms with van der Waals surface area (Å²) < 4.78 is 30.2. The Labute approximate surface area is 225 Å². The number of benzene rings is 1. The van der Waals surface area contributed by atoms with Gasteiger partial charge in [-0.2, -0.15) is 10.4 Å². The number of aromatic nitrogens is 3. The number of anilines is 2. The number of pyridine rings is 1. The highest BCUT2D eigenvalue weighted by molar-refractivity contribution is 7.89. The molecule has 2 aromatic heterocycles. The smallest absolute Gasteiger partial charge is 0.407 e. The fourth-order valence-corrected chi connectivity index (χ4v) is 6.92. The molecule has 206 valence electrons. The third kappa shape index (κ3) is 5.35. The summed E-state index contributed by atoms with van der Waals surface area (Å²) in [6.07, 6.45) is 6.19. The molecule has 0 atom stereocenters. The van der Waals surface area contributed by atoms with E-state index in [9.17, 15) is 28.4 Å². The second kappa shape index (κ2) is 10.7. The van der Waals surface area contributed by atoms with Gasteiger partial charge in [-0.25, -0.2) is 17.9 Å². The van der Waals surface area contributed by atoms with Crippen LogP contribution in [0.15, 0.2) is 46.2 Å². The Morgan fingerprint density at radius 2 is 1.85 bits per heavy atom. The number of sulfonamides is 1. The number of likely N-dealkylation sites (tertiary alicyclic amines) is 1. The van der Waals surface area contributed by atoms with E-state index in [0.717, 1.165) is 32.1 Å². The molecule has 0 unspecified atom stereocenters. The molecule has 12 nitrogen and oxygen atoms in total. The van der Waals surface area contributed by atoms with Gasteiger partial charge >= 0.3 is 6.09 Å². The maximum Gasteiger partial charge on any atom is 0.407 e. The highest BCUT2D eigenvalue weighted by atomic mass is 32.2. The molecule has 13 heteroatoms. The lowest BCUT2D eigenvalue weighted by Gasteiger charge is -2.40. The summed E-state index contributed by atoms with van der Waals surface area (Å²) in [5.74, 6) is 0.265. The molecular formula is C26H31N7O5S. The second-order valence-corrected chi connectivity index (χ2v) is 12.0. The lowest BCUT2D eigenvalue weighted by atomic mass is 9.85. The van der Waals surface area contributed by atoms with Gasteiger partial charge in [0.05, 0.1) is 28.4 Å². The number of amides is 1. The van der Waals surface area contributed by atoms with Crippen molar-refractivity contribution in [2.75, 3.05) is 18.4 Å². The van der Waals surface area contributed by atoms with E-state index < -0.39 is 21.7 Å². The van der Waals surface area contributed by atoms with Crippen LogP contribution in [0.1, 0.15) is 51.4 Å². The van der Waals surface area contributed by atoms with Gasteiger partial charge in [-0.1, -0.05) is 19.3 Å². The number of nitrogens with one attached hydrogen (secondary N) is 3. The SMILES string of the molecule is N#CCC1(n2nc(Nc3ccc(S(=O)(=O)NC4CCCCC4)cc3)c3c(=O)[nH]ccc32)CCN(C(=O)O)CC1. The summed E-state index contributed by atoms with van der Waals surface area (Å²) in [7, 11) is -3.66. The van der Waals surface area contributed by atoms with Crippen molar-refractivity contribution in [2.24, 2.45) is 0 Å². The van der Waals surface area contributed by atoms with Crippen LogP contribution in [0.2, 0.25) is 0 Å². The Bertz CT molecular complexity index is 1560. The van der Waals surface area contributed by atoms with Crippen LogP contribution in [-0.4, -0.2) is 58.4 Å². The van der Waals surface area contributed by atoms with Crippen molar-refractivity contribution >= 4 is 38.5 Å². The molecule has 3 heterocycles. The van der Waals surface area contributed by atoms with Gasteiger partial charge in [0.25, 0.3) is 5.56 Å². The number of hydrogen-bond acceptors (Lipinski definition) is 7. The van der Waals surface area contributed by atoms with Crippen LogP contribution in [-0.2, 0) is 15.6 Å². The van der Waals surface area contributed by atoms with Crippen molar-refractivity contribution in [3.8, 4) is 6.07 Å². The Kier molecular flexibility index (Phi) is 7.33. The number of fused-ring (bicyclic) bond motifs is 1. The van der Waals surface area contributed by atoms with Crippen molar-refractivity contribution < 1.29 is 18.3 Å². The lowest BCUT2D eigenvalue weighted by Crippen LogP contribution is -2.48. The molecule has 1 aromatic carbocycles. The first-order valence-corrected chi connectivity index (χ1v) is 14.6. The minimum absolute atomic E-state index is 0.0493. The first-order valence-electron chi connectivity index (χ1n) is 13.1. The average molecular weight is 554 g/mol.